The van der Waals surface area contributed by atoms with E-state index in [1.165, 1.54) is 12.1 Å². The van der Waals surface area contributed by atoms with Crippen LogP contribution in [0.25, 0.3) is 6.08 Å². The molecule has 0 atom stereocenters. The van der Waals surface area contributed by atoms with Crippen LogP contribution in [0, 0.1) is 11.2 Å². The second kappa shape index (κ2) is 5.05. The molecule has 1 aromatic rings. The van der Waals surface area contributed by atoms with E-state index in [2.05, 4.69) is 4.84 Å². The largest absolute Gasteiger partial charge is 0.304 e. The first kappa shape index (κ1) is 11.9. The van der Waals surface area contributed by atoms with Gasteiger partial charge in [0.25, 0.3) is 0 Å². The van der Waals surface area contributed by atoms with Crippen molar-refractivity contribution in [3.63, 3.8) is 0 Å². The van der Waals surface area contributed by atoms with E-state index in [0.29, 0.717) is 6.61 Å². The van der Waals surface area contributed by atoms with Crippen molar-refractivity contribution in [2.45, 2.75) is 13.8 Å². The zero-order valence-electron chi connectivity index (χ0n) is 9.03. The number of hydrogen-bond donors (Lipinski definition) is 1. The van der Waals surface area contributed by atoms with Crippen LogP contribution in [0.3, 0.4) is 0 Å². The van der Waals surface area contributed by atoms with Crippen LogP contribution < -0.4 is 5.90 Å². The molecule has 0 amide bonds. The normalized spacial score (nSPS) is 12.3. The van der Waals surface area contributed by atoms with Gasteiger partial charge in [0.15, 0.2) is 0 Å². The third-order valence-corrected chi connectivity index (χ3v) is 2.05. The van der Waals surface area contributed by atoms with E-state index in [-0.39, 0.29) is 11.2 Å². The van der Waals surface area contributed by atoms with Gasteiger partial charge in [0.2, 0.25) is 0 Å². The highest BCUT2D eigenvalue weighted by Crippen LogP contribution is 2.18. The molecule has 0 saturated carbocycles. The summed E-state index contributed by atoms with van der Waals surface area (Å²) in [6.45, 7) is 4.48. The first-order chi connectivity index (χ1) is 7.03. The van der Waals surface area contributed by atoms with E-state index in [1.54, 1.807) is 12.1 Å². The summed E-state index contributed by atoms with van der Waals surface area (Å²) in [5, 5.41) is 0. The van der Waals surface area contributed by atoms with Crippen molar-refractivity contribution in [1.82, 2.24) is 0 Å². The van der Waals surface area contributed by atoms with E-state index in [4.69, 9.17) is 5.90 Å². The van der Waals surface area contributed by atoms with Gasteiger partial charge in [-0.3, -0.25) is 0 Å². The molecular formula is C12H16FNO. The molecule has 0 fully saturated rings. The number of nitrogens with two attached hydrogens (primary N) is 1. The molecule has 0 heterocycles. The third-order valence-electron chi connectivity index (χ3n) is 2.05. The lowest BCUT2D eigenvalue weighted by molar-refractivity contribution is 0.0852. The molecule has 0 bridgehead atoms. The predicted octanol–water partition coefficient (Wildman–Crippen LogP) is 2.76. The highest BCUT2D eigenvalue weighted by Gasteiger charge is 2.12. The molecule has 2 N–H and O–H groups in total. The fourth-order valence-corrected chi connectivity index (χ4v) is 1.16. The van der Waals surface area contributed by atoms with Crippen LogP contribution >= 0.6 is 0 Å². The summed E-state index contributed by atoms with van der Waals surface area (Å²) in [5.74, 6) is 4.79. The SMILES string of the molecule is CC(C)(/C=C/c1ccc(F)cc1)CON. The number of halogens is 1. The smallest absolute Gasteiger partial charge is 0.123 e. The van der Waals surface area contributed by atoms with Gasteiger partial charge in [0.1, 0.15) is 5.82 Å². The van der Waals surface area contributed by atoms with Gasteiger partial charge in [-0.2, -0.15) is 0 Å². The summed E-state index contributed by atoms with van der Waals surface area (Å²) < 4.78 is 12.6. The zero-order valence-corrected chi connectivity index (χ0v) is 9.03. The van der Waals surface area contributed by atoms with Crippen LogP contribution in [0.2, 0.25) is 0 Å². The van der Waals surface area contributed by atoms with Gasteiger partial charge < -0.3 is 4.84 Å². The Morgan fingerprint density at radius 3 is 2.47 bits per heavy atom. The van der Waals surface area contributed by atoms with Crippen LogP contribution in [-0.2, 0) is 4.84 Å². The van der Waals surface area contributed by atoms with Gasteiger partial charge in [-0.1, -0.05) is 38.1 Å². The molecular weight excluding hydrogens is 193 g/mol. The topological polar surface area (TPSA) is 35.2 Å². The Hall–Kier alpha value is -1.19. The van der Waals surface area contributed by atoms with Crippen molar-refractivity contribution in [1.29, 1.82) is 0 Å². The van der Waals surface area contributed by atoms with Gasteiger partial charge in [0.05, 0.1) is 6.61 Å². The van der Waals surface area contributed by atoms with Crippen molar-refractivity contribution in [3.8, 4) is 0 Å². The zero-order chi connectivity index (χ0) is 11.3. The van der Waals surface area contributed by atoms with Gasteiger partial charge in [-0.15, -0.1) is 0 Å². The van der Waals surface area contributed by atoms with E-state index in [1.807, 2.05) is 26.0 Å². The monoisotopic (exact) mass is 209 g/mol. The van der Waals surface area contributed by atoms with Crippen LogP contribution in [-0.4, -0.2) is 6.61 Å². The molecule has 15 heavy (non-hydrogen) atoms. The van der Waals surface area contributed by atoms with Gasteiger partial charge >= 0.3 is 0 Å². The molecule has 0 aliphatic carbocycles. The fourth-order valence-electron chi connectivity index (χ4n) is 1.16. The molecule has 0 unspecified atom stereocenters. The van der Waals surface area contributed by atoms with Crippen molar-refractivity contribution in [3.05, 3.63) is 41.7 Å². The van der Waals surface area contributed by atoms with Crippen molar-refractivity contribution >= 4 is 6.08 Å². The maximum absolute atomic E-state index is 12.6. The molecule has 0 radical (unpaired) electrons. The summed E-state index contributed by atoms with van der Waals surface area (Å²) in [7, 11) is 0. The molecule has 3 heteroatoms. The number of hydrogen-bond acceptors (Lipinski definition) is 2. The van der Waals surface area contributed by atoms with E-state index in [0.717, 1.165) is 5.56 Å². The molecule has 2 nitrogen and oxygen atoms in total. The minimum Gasteiger partial charge on any atom is -0.304 e. The van der Waals surface area contributed by atoms with E-state index >= 15 is 0 Å². The average Bonchev–Trinajstić information content (AvgIpc) is 2.17. The number of benzene rings is 1. The summed E-state index contributed by atoms with van der Waals surface area (Å²) in [5.41, 5.74) is 0.838. The van der Waals surface area contributed by atoms with Crippen LogP contribution in [0.15, 0.2) is 30.3 Å². The van der Waals surface area contributed by atoms with Gasteiger partial charge in [-0.25, -0.2) is 10.3 Å². The molecule has 0 spiro atoms. The minimum atomic E-state index is -0.225. The summed E-state index contributed by atoms with van der Waals surface area (Å²) >= 11 is 0. The minimum absolute atomic E-state index is 0.122. The Balaban J connectivity index is 2.68. The van der Waals surface area contributed by atoms with E-state index < -0.39 is 0 Å². The number of rotatable bonds is 4. The van der Waals surface area contributed by atoms with E-state index in [9.17, 15) is 4.39 Å². The van der Waals surface area contributed by atoms with Crippen molar-refractivity contribution in [2.24, 2.45) is 11.3 Å². The lowest BCUT2D eigenvalue weighted by Crippen LogP contribution is -2.18. The first-order valence-corrected chi connectivity index (χ1v) is 4.80. The Morgan fingerprint density at radius 1 is 1.33 bits per heavy atom. The highest BCUT2D eigenvalue weighted by molar-refractivity contribution is 5.49. The predicted molar refractivity (Wildman–Crippen MR) is 59.4 cm³/mol. The summed E-state index contributed by atoms with van der Waals surface area (Å²) in [4.78, 5) is 4.60. The standard InChI is InChI=1S/C12H16FNO/c1-12(2,9-15-14)8-7-10-3-5-11(13)6-4-10/h3-8H,9,14H2,1-2H3/b8-7+. The average molecular weight is 209 g/mol. The lowest BCUT2D eigenvalue weighted by Gasteiger charge is -2.17. The molecule has 0 aliphatic heterocycles. The third kappa shape index (κ3) is 4.23. The van der Waals surface area contributed by atoms with Crippen molar-refractivity contribution in [2.75, 3.05) is 6.61 Å². The quantitative estimate of drug-likeness (QED) is 0.774. The second-order valence-corrected chi connectivity index (χ2v) is 4.18. The summed E-state index contributed by atoms with van der Waals surface area (Å²) in [6.07, 6.45) is 3.92. The van der Waals surface area contributed by atoms with Crippen LogP contribution in [0.1, 0.15) is 19.4 Å². The molecule has 1 aromatic carbocycles. The fraction of sp³-hybridized carbons (Fsp3) is 0.333. The Labute approximate surface area is 89.5 Å². The highest BCUT2D eigenvalue weighted by atomic mass is 19.1. The van der Waals surface area contributed by atoms with Crippen molar-refractivity contribution < 1.29 is 9.23 Å². The lowest BCUT2D eigenvalue weighted by atomic mass is 9.93. The van der Waals surface area contributed by atoms with Gasteiger partial charge in [0, 0.05) is 5.41 Å². The Morgan fingerprint density at radius 2 is 1.93 bits per heavy atom. The summed E-state index contributed by atoms with van der Waals surface area (Å²) in [6, 6.07) is 6.33. The Bertz CT molecular complexity index is 330. The Kier molecular flexibility index (Phi) is 4.00. The maximum Gasteiger partial charge on any atom is 0.123 e. The molecule has 0 saturated heterocycles. The molecule has 82 valence electrons. The van der Waals surface area contributed by atoms with Crippen LogP contribution in [0.4, 0.5) is 4.39 Å². The molecule has 0 aromatic heterocycles. The van der Waals surface area contributed by atoms with Crippen LogP contribution in [0.5, 0.6) is 0 Å². The second-order valence-electron chi connectivity index (χ2n) is 4.18. The maximum atomic E-state index is 12.6. The van der Waals surface area contributed by atoms with Gasteiger partial charge in [-0.05, 0) is 17.7 Å². The first-order valence-electron chi connectivity index (χ1n) is 4.80. The molecule has 1 rings (SSSR count). The molecule has 0 aliphatic rings.